The molecule has 0 spiro atoms. The van der Waals surface area contributed by atoms with E-state index < -0.39 is 0 Å². The van der Waals surface area contributed by atoms with Crippen molar-refractivity contribution in [2.45, 2.75) is 57.3 Å². The maximum atomic E-state index is 12.3. The number of likely N-dealkylation sites (tertiary alicyclic amines) is 1. The highest BCUT2D eigenvalue weighted by Crippen LogP contribution is 2.30. The molecule has 22 heavy (non-hydrogen) atoms. The number of hydrogen-bond acceptors (Lipinski definition) is 3. The second-order valence-corrected chi connectivity index (χ2v) is 6.76. The molecule has 2 fully saturated rings. The molecule has 1 saturated heterocycles. The number of benzene rings is 1. The maximum absolute atomic E-state index is 12.3. The Morgan fingerprint density at radius 1 is 1.32 bits per heavy atom. The van der Waals surface area contributed by atoms with Gasteiger partial charge in [-0.3, -0.25) is 9.69 Å². The molecule has 1 aromatic carbocycles. The topological polar surface area (TPSA) is 49.6 Å². The van der Waals surface area contributed by atoms with Crippen molar-refractivity contribution in [3.05, 3.63) is 35.9 Å². The minimum atomic E-state index is -0.385. The Kier molecular flexibility index (Phi) is 4.79. The predicted octanol–water partition coefficient (Wildman–Crippen LogP) is 1.99. The average molecular weight is 301 g/mol. The van der Waals surface area contributed by atoms with Crippen LogP contribution >= 0.6 is 0 Å². The van der Waals surface area contributed by atoms with Crippen molar-refractivity contribution in [1.29, 1.82) is 0 Å². The number of carbonyl (C=O) groups is 1. The summed E-state index contributed by atoms with van der Waals surface area (Å²) in [5, 5.41) is 0. The average Bonchev–Trinajstić information content (AvgIpc) is 3.27. The SMILES string of the molecule is C[C@H](N)C(=O)N1CCC[C@H]1CN(Cc1ccccc1)C1CC1. The van der Waals surface area contributed by atoms with E-state index in [0.29, 0.717) is 12.1 Å². The standard InChI is InChI=1S/C18H27N3O/c1-14(19)18(22)21-11-5-8-17(21)13-20(16-9-10-16)12-15-6-3-2-4-7-15/h2-4,6-7,14,16-17H,5,8-13,19H2,1H3/t14-,17-/m0/s1. The zero-order valence-electron chi connectivity index (χ0n) is 13.4. The third-order valence-corrected chi connectivity index (χ3v) is 4.79. The number of carbonyl (C=O) groups excluding carboxylic acids is 1. The highest BCUT2D eigenvalue weighted by Gasteiger charge is 2.35. The molecule has 4 nitrogen and oxygen atoms in total. The van der Waals surface area contributed by atoms with Gasteiger partial charge >= 0.3 is 0 Å². The van der Waals surface area contributed by atoms with Crippen molar-refractivity contribution in [3.8, 4) is 0 Å². The van der Waals surface area contributed by atoms with E-state index in [2.05, 4.69) is 35.2 Å². The van der Waals surface area contributed by atoms with Gasteiger partial charge in [-0.2, -0.15) is 0 Å². The molecule has 1 amide bonds. The van der Waals surface area contributed by atoms with Crippen LogP contribution in [0.1, 0.15) is 38.2 Å². The van der Waals surface area contributed by atoms with Crippen LogP contribution in [-0.2, 0) is 11.3 Å². The Labute approximate surface area is 133 Å². The molecule has 1 heterocycles. The predicted molar refractivity (Wildman–Crippen MR) is 88.3 cm³/mol. The lowest BCUT2D eigenvalue weighted by atomic mass is 10.1. The first-order valence-electron chi connectivity index (χ1n) is 8.49. The molecule has 0 bridgehead atoms. The normalized spacial score (nSPS) is 23.0. The largest absolute Gasteiger partial charge is 0.337 e. The van der Waals surface area contributed by atoms with E-state index >= 15 is 0 Å². The van der Waals surface area contributed by atoms with Gasteiger partial charge in [0.1, 0.15) is 0 Å². The van der Waals surface area contributed by atoms with Crippen LogP contribution < -0.4 is 5.73 Å². The van der Waals surface area contributed by atoms with Crippen LogP contribution in [0, 0.1) is 0 Å². The molecule has 2 N–H and O–H groups in total. The van der Waals surface area contributed by atoms with E-state index in [-0.39, 0.29) is 11.9 Å². The third kappa shape index (κ3) is 3.68. The van der Waals surface area contributed by atoms with Gasteiger partial charge in [0.2, 0.25) is 5.91 Å². The van der Waals surface area contributed by atoms with Gasteiger partial charge in [-0.25, -0.2) is 0 Å². The molecule has 2 atom stereocenters. The van der Waals surface area contributed by atoms with E-state index in [0.717, 1.165) is 32.5 Å². The Hall–Kier alpha value is -1.39. The number of amides is 1. The summed E-state index contributed by atoms with van der Waals surface area (Å²) in [5.41, 5.74) is 7.16. The Bertz CT molecular complexity index is 498. The third-order valence-electron chi connectivity index (χ3n) is 4.79. The fourth-order valence-electron chi connectivity index (χ4n) is 3.45. The summed E-state index contributed by atoms with van der Waals surface area (Å²) in [6, 6.07) is 11.3. The van der Waals surface area contributed by atoms with Gasteiger partial charge in [0, 0.05) is 31.7 Å². The number of nitrogens with two attached hydrogens (primary N) is 1. The van der Waals surface area contributed by atoms with Gasteiger partial charge in [-0.15, -0.1) is 0 Å². The Morgan fingerprint density at radius 2 is 2.05 bits per heavy atom. The molecule has 0 unspecified atom stereocenters. The number of nitrogens with zero attached hydrogens (tertiary/aromatic N) is 2. The minimum absolute atomic E-state index is 0.109. The van der Waals surface area contributed by atoms with Gasteiger partial charge in [-0.1, -0.05) is 30.3 Å². The highest BCUT2D eigenvalue weighted by molar-refractivity contribution is 5.81. The Balaban J connectivity index is 1.64. The molecule has 0 aromatic heterocycles. The molecule has 3 rings (SSSR count). The molecule has 120 valence electrons. The highest BCUT2D eigenvalue weighted by atomic mass is 16.2. The molecular formula is C18H27N3O. The summed E-state index contributed by atoms with van der Waals surface area (Å²) in [6.07, 6.45) is 4.80. The molecular weight excluding hydrogens is 274 g/mol. The molecule has 0 radical (unpaired) electrons. The maximum Gasteiger partial charge on any atom is 0.239 e. The summed E-state index contributed by atoms with van der Waals surface area (Å²) in [5.74, 6) is 0.109. The Morgan fingerprint density at radius 3 is 2.68 bits per heavy atom. The van der Waals surface area contributed by atoms with Crippen molar-refractivity contribution in [3.63, 3.8) is 0 Å². The molecule has 1 aliphatic heterocycles. The lowest BCUT2D eigenvalue weighted by Gasteiger charge is -2.32. The first-order chi connectivity index (χ1) is 10.6. The smallest absolute Gasteiger partial charge is 0.239 e. The van der Waals surface area contributed by atoms with Gasteiger partial charge in [-0.05, 0) is 38.2 Å². The van der Waals surface area contributed by atoms with E-state index in [1.54, 1.807) is 6.92 Å². The summed E-state index contributed by atoms with van der Waals surface area (Å²) in [7, 11) is 0. The van der Waals surface area contributed by atoms with Crippen LogP contribution in [0.4, 0.5) is 0 Å². The molecule has 4 heteroatoms. The van der Waals surface area contributed by atoms with E-state index in [4.69, 9.17) is 5.73 Å². The van der Waals surface area contributed by atoms with Crippen molar-refractivity contribution in [2.24, 2.45) is 5.73 Å². The van der Waals surface area contributed by atoms with Crippen LogP contribution in [0.15, 0.2) is 30.3 Å². The zero-order valence-corrected chi connectivity index (χ0v) is 13.4. The van der Waals surface area contributed by atoms with Crippen LogP contribution in [0.25, 0.3) is 0 Å². The first-order valence-corrected chi connectivity index (χ1v) is 8.49. The van der Waals surface area contributed by atoms with Crippen LogP contribution in [0.5, 0.6) is 0 Å². The zero-order chi connectivity index (χ0) is 15.5. The summed E-state index contributed by atoms with van der Waals surface area (Å²) in [6.45, 7) is 4.63. The fraction of sp³-hybridized carbons (Fsp3) is 0.611. The molecule has 1 saturated carbocycles. The van der Waals surface area contributed by atoms with Crippen molar-refractivity contribution in [2.75, 3.05) is 13.1 Å². The van der Waals surface area contributed by atoms with Gasteiger partial charge in [0.25, 0.3) is 0 Å². The van der Waals surface area contributed by atoms with Crippen LogP contribution in [-0.4, -0.2) is 46.9 Å². The quantitative estimate of drug-likeness (QED) is 0.874. The lowest BCUT2D eigenvalue weighted by Crippen LogP contribution is -2.48. The van der Waals surface area contributed by atoms with Crippen LogP contribution in [0.3, 0.4) is 0 Å². The summed E-state index contributed by atoms with van der Waals surface area (Å²) < 4.78 is 0. The second-order valence-electron chi connectivity index (χ2n) is 6.76. The molecule has 1 aromatic rings. The van der Waals surface area contributed by atoms with Gasteiger partial charge in [0.05, 0.1) is 6.04 Å². The van der Waals surface area contributed by atoms with E-state index in [1.165, 1.54) is 18.4 Å². The van der Waals surface area contributed by atoms with Gasteiger partial charge < -0.3 is 10.6 Å². The minimum Gasteiger partial charge on any atom is -0.337 e. The second kappa shape index (κ2) is 6.80. The van der Waals surface area contributed by atoms with Crippen LogP contribution in [0.2, 0.25) is 0 Å². The number of rotatable bonds is 6. The van der Waals surface area contributed by atoms with E-state index in [1.807, 2.05) is 4.90 Å². The van der Waals surface area contributed by atoms with Crippen molar-refractivity contribution < 1.29 is 4.79 Å². The summed E-state index contributed by atoms with van der Waals surface area (Å²) in [4.78, 5) is 16.8. The summed E-state index contributed by atoms with van der Waals surface area (Å²) >= 11 is 0. The van der Waals surface area contributed by atoms with Crippen molar-refractivity contribution in [1.82, 2.24) is 9.80 Å². The lowest BCUT2D eigenvalue weighted by molar-refractivity contribution is -0.133. The molecule has 1 aliphatic carbocycles. The fourth-order valence-corrected chi connectivity index (χ4v) is 3.45. The number of hydrogen-bond donors (Lipinski definition) is 1. The van der Waals surface area contributed by atoms with Gasteiger partial charge in [0.15, 0.2) is 0 Å². The van der Waals surface area contributed by atoms with E-state index in [9.17, 15) is 4.79 Å². The van der Waals surface area contributed by atoms with Crippen molar-refractivity contribution >= 4 is 5.91 Å². The first kappa shape index (κ1) is 15.5. The molecule has 2 aliphatic rings. The monoisotopic (exact) mass is 301 g/mol.